The molecule has 2 rings (SSSR count). The molecule has 1 saturated heterocycles. The van der Waals surface area contributed by atoms with Crippen LogP contribution in [0.5, 0.6) is 0 Å². The quantitative estimate of drug-likeness (QED) is 0.630. The van der Waals surface area contributed by atoms with Crippen molar-refractivity contribution in [2.75, 3.05) is 0 Å². The van der Waals surface area contributed by atoms with Crippen LogP contribution in [0.25, 0.3) is 0 Å². The smallest absolute Gasteiger partial charge is 0.137 e. The summed E-state index contributed by atoms with van der Waals surface area (Å²) in [4.78, 5) is 12.4. The van der Waals surface area contributed by atoms with Gasteiger partial charge in [0.25, 0.3) is 0 Å². The van der Waals surface area contributed by atoms with Crippen molar-refractivity contribution in [3.8, 4) is 0 Å². The number of halogens is 1. The van der Waals surface area contributed by atoms with Crippen LogP contribution in [0, 0.1) is 0 Å². The monoisotopic (exact) mass is 352 g/mol. The summed E-state index contributed by atoms with van der Waals surface area (Å²) in [6, 6.07) is 9.73. The van der Waals surface area contributed by atoms with Gasteiger partial charge in [0.2, 0.25) is 0 Å². The summed E-state index contributed by atoms with van der Waals surface area (Å²) in [5.41, 5.74) is 1.20. The minimum atomic E-state index is -1.40. The Morgan fingerprint density at radius 3 is 2.35 bits per heavy atom. The van der Waals surface area contributed by atoms with Crippen LogP contribution in [0.3, 0.4) is 0 Å². The van der Waals surface area contributed by atoms with Gasteiger partial charge in [0, 0.05) is 10.4 Å². The summed E-state index contributed by atoms with van der Waals surface area (Å²) in [5, 5.41) is 0.185. The van der Waals surface area contributed by atoms with Gasteiger partial charge in [-0.25, -0.2) is 0 Å². The van der Waals surface area contributed by atoms with E-state index in [0.717, 1.165) is 4.47 Å². The van der Waals surface area contributed by atoms with Crippen LogP contribution < -0.4 is 0 Å². The Morgan fingerprint density at radius 2 is 1.85 bits per heavy atom. The third-order valence-corrected chi connectivity index (χ3v) is 11.3. The molecule has 20 heavy (non-hydrogen) atoms. The van der Waals surface area contributed by atoms with E-state index in [1.54, 1.807) is 6.92 Å². The highest BCUT2D eigenvalue weighted by molar-refractivity contribution is 9.10. The second-order valence-corrected chi connectivity index (χ2v) is 13.4. The number of rotatable bonds is 3. The molecule has 3 heteroatoms. The standard InChI is InChI=1S/C17H25BrOSi/c1-13(19)16(14-7-9-15(18)10-8-14)17(2)11-5-6-12-20(17,3)4/h7-10,16H,5-6,11-12H2,1-4H3. The zero-order valence-corrected chi connectivity index (χ0v) is 15.6. The van der Waals surface area contributed by atoms with Crippen molar-refractivity contribution in [3.05, 3.63) is 34.3 Å². The molecule has 0 N–H and O–H groups in total. The SMILES string of the molecule is CC(=O)C(c1ccc(Br)cc1)C1(C)CCCC[Si]1(C)C. The Bertz CT molecular complexity index is 494. The van der Waals surface area contributed by atoms with Crippen molar-refractivity contribution in [3.63, 3.8) is 0 Å². The van der Waals surface area contributed by atoms with E-state index in [4.69, 9.17) is 0 Å². The molecule has 2 atom stereocenters. The number of ketones is 1. The Kier molecular flexibility index (Phi) is 4.60. The minimum absolute atomic E-state index is 0.0672. The lowest BCUT2D eigenvalue weighted by Gasteiger charge is -2.51. The summed E-state index contributed by atoms with van der Waals surface area (Å²) >= 11 is 3.49. The second kappa shape index (κ2) is 5.76. The van der Waals surface area contributed by atoms with Crippen LogP contribution in [0.4, 0.5) is 0 Å². The molecule has 1 aromatic carbocycles. The maximum absolute atomic E-state index is 12.4. The topological polar surface area (TPSA) is 17.1 Å². The summed E-state index contributed by atoms with van der Waals surface area (Å²) in [7, 11) is -1.40. The zero-order valence-electron chi connectivity index (χ0n) is 13.0. The van der Waals surface area contributed by atoms with E-state index >= 15 is 0 Å². The summed E-state index contributed by atoms with van der Waals surface area (Å²) < 4.78 is 1.08. The van der Waals surface area contributed by atoms with Crippen molar-refractivity contribution < 1.29 is 4.79 Å². The van der Waals surface area contributed by atoms with E-state index < -0.39 is 8.07 Å². The van der Waals surface area contributed by atoms with Gasteiger partial charge >= 0.3 is 0 Å². The van der Waals surface area contributed by atoms with E-state index in [1.165, 1.54) is 30.9 Å². The first-order chi connectivity index (χ1) is 9.28. The van der Waals surface area contributed by atoms with Crippen LogP contribution >= 0.6 is 15.9 Å². The Labute approximate surface area is 132 Å². The predicted octanol–water partition coefficient (Wildman–Crippen LogP) is 5.77. The van der Waals surface area contributed by atoms with E-state index in [-0.39, 0.29) is 11.0 Å². The predicted molar refractivity (Wildman–Crippen MR) is 92.1 cm³/mol. The van der Waals surface area contributed by atoms with Crippen LogP contribution in [0.1, 0.15) is 44.6 Å². The molecule has 0 spiro atoms. The molecular weight excluding hydrogens is 328 g/mol. The van der Waals surface area contributed by atoms with Gasteiger partial charge in [-0.3, -0.25) is 4.79 Å². The lowest BCUT2D eigenvalue weighted by Crippen LogP contribution is -2.48. The molecule has 1 aliphatic heterocycles. The van der Waals surface area contributed by atoms with Gasteiger partial charge in [0.1, 0.15) is 5.78 Å². The third-order valence-electron chi connectivity index (χ3n) is 5.54. The molecule has 1 nitrogen and oxygen atoms in total. The molecule has 2 unspecified atom stereocenters. The van der Waals surface area contributed by atoms with Crippen LogP contribution in [-0.2, 0) is 4.79 Å². The van der Waals surface area contributed by atoms with Crippen molar-refractivity contribution in [1.82, 2.24) is 0 Å². The Morgan fingerprint density at radius 1 is 1.25 bits per heavy atom. The van der Waals surface area contributed by atoms with Crippen molar-refractivity contribution in [2.45, 2.75) is 63.2 Å². The molecule has 0 saturated carbocycles. The molecule has 1 fully saturated rings. The first-order valence-electron chi connectivity index (χ1n) is 7.54. The highest BCUT2D eigenvalue weighted by Crippen LogP contribution is 2.58. The van der Waals surface area contributed by atoms with E-state index in [0.29, 0.717) is 5.78 Å². The molecule has 0 aliphatic carbocycles. The maximum Gasteiger partial charge on any atom is 0.137 e. The van der Waals surface area contributed by atoms with Crippen LogP contribution in [-0.4, -0.2) is 13.9 Å². The summed E-state index contributed by atoms with van der Waals surface area (Å²) in [6.07, 6.45) is 3.82. The normalized spacial score (nSPS) is 27.1. The van der Waals surface area contributed by atoms with Crippen molar-refractivity contribution in [1.29, 1.82) is 0 Å². The molecule has 1 heterocycles. The van der Waals surface area contributed by atoms with Gasteiger partial charge in [-0.2, -0.15) is 0 Å². The molecule has 1 aliphatic rings. The lowest BCUT2D eigenvalue weighted by atomic mass is 9.80. The molecule has 0 bridgehead atoms. The Hall–Kier alpha value is -0.413. The number of benzene rings is 1. The average molecular weight is 353 g/mol. The first kappa shape index (κ1) is 16.0. The molecule has 1 aromatic rings. The number of hydrogen-bond acceptors (Lipinski definition) is 1. The Balaban J connectivity index is 2.47. The van der Waals surface area contributed by atoms with Crippen molar-refractivity contribution in [2.24, 2.45) is 0 Å². The fourth-order valence-electron chi connectivity index (χ4n) is 3.92. The lowest BCUT2D eigenvalue weighted by molar-refractivity contribution is -0.119. The molecular formula is C17H25BrOSi. The third kappa shape index (κ3) is 2.80. The molecule has 110 valence electrons. The number of hydrogen-bond donors (Lipinski definition) is 0. The largest absolute Gasteiger partial charge is 0.299 e. The molecule has 0 radical (unpaired) electrons. The fourth-order valence-corrected chi connectivity index (χ4v) is 7.90. The van der Waals surface area contributed by atoms with Gasteiger partial charge < -0.3 is 0 Å². The second-order valence-electron chi connectivity index (χ2n) is 7.10. The highest BCUT2D eigenvalue weighted by Gasteiger charge is 2.51. The van der Waals surface area contributed by atoms with Crippen LogP contribution in [0.15, 0.2) is 28.7 Å². The zero-order chi connectivity index (χ0) is 15.0. The summed E-state index contributed by atoms with van der Waals surface area (Å²) in [5.74, 6) is 0.398. The van der Waals surface area contributed by atoms with E-state index in [1.807, 2.05) is 0 Å². The highest BCUT2D eigenvalue weighted by atomic mass is 79.9. The number of carbonyl (C=O) groups is 1. The van der Waals surface area contributed by atoms with E-state index in [9.17, 15) is 4.79 Å². The average Bonchev–Trinajstić information content (AvgIpc) is 2.35. The van der Waals surface area contributed by atoms with Crippen molar-refractivity contribution >= 4 is 29.8 Å². The molecule has 0 amide bonds. The number of Topliss-reactive ketones (excluding diaryl/α,β-unsaturated/α-hetero) is 1. The number of carbonyl (C=O) groups excluding carboxylic acids is 1. The first-order valence-corrected chi connectivity index (χ1v) is 11.5. The van der Waals surface area contributed by atoms with E-state index in [2.05, 4.69) is 60.2 Å². The van der Waals surface area contributed by atoms with Gasteiger partial charge in [-0.15, -0.1) is 0 Å². The van der Waals surface area contributed by atoms with Gasteiger partial charge in [-0.05, 0) is 36.1 Å². The van der Waals surface area contributed by atoms with Crippen LogP contribution in [0.2, 0.25) is 24.2 Å². The summed E-state index contributed by atoms with van der Waals surface area (Å²) in [6.45, 7) is 9.10. The van der Waals surface area contributed by atoms with Gasteiger partial charge in [0.15, 0.2) is 0 Å². The maximum atomic E-state index is 12.4. The van der Waals surface area contributed by atoms with Gasteiger partial charge in [-0.1, -0.05) is 67.0 Å². The minimum Gasteiger partial charge on any atom is -0.299 e. The fraction of sp³-hybridized carbons (Fsp3) is 0.588. The molecule has 0 aromatic heterocycles. The van der Waals surface area contributed by atoms with Gasteiger partial charge in [0.05, 0.1) is 8.07 Å².